The second kappa shape index (κ2) is 15.3. The maximum atomic E-state index is 15.7. The van der Waals surface area contributed by atoms with Crippen molar-refractivity contribution in [3.8, 4) is 28.5 Å². The molecule has 4 aromatic rings. The lowest BCUT2D eigenvalue weighted by molar-refractivity contribution is -0.894. The zero-order chi connectivity index (χ0) is 39.1. The lowest BCUT2D eigenvalue weighted by Gasteiger charge is -2.38. The predicted octanol–water partition coefficient (Wildman–Crippen LogP) is 4.55. The zero-order valence-corrected chi connectivity index (χ0v) is 31.6. The lowest BCUT2D eigenvalue weighted by atomic mass is 10.00. The third kappa shape index (κ3) is 7.33. The van der Waals surface area contributed by atoms with E-state index in [0.29, 0.717) is 85.7 Å². The van der Waals surface area contributed by atoms with Gasteiger partial charge < -0.3 is 29.3 Å². The Balaban J connectivity index is 1.11. The Hall–Kier alpha value is -5.17. The van der Waals surface area contributed by atoms with Gasteiger partial charge in [0.25, 0.3) is 17.7 Å². The molecule has 0 unspecified atom stereocenters. The van der Waals surface area contributed by atoms with Crippen molar-refractivity contribution in [2.24, 2.45) is 7.05 Å². The largest absolute Gasteiger partial charge is 0.387 e. The number of carbonyl (C=O) groups is 3. The Kier molecular flexibility index (Phi) is 10.9. The summed E-state index contributed by atoms with van der Waals surface area (Å²) < 4.78 is 34.8. The summed E-state index contributed by atoms with van der Waals surface area (Å²) in [7, 11) is 5.39. The minimum Gasteiger partial charge on any atom is -0.387 e. The van der Waals surface area contributed by atoms with E-state index in [9.17, 15) is 19.5 Å². The SMILES string of the molecule is Cc1nn(CCCC#N)c(C)c1-c1ccc(-c2cnc(C(=O)Nc3ccc(C(=O)N4CCN(C(=O)[C@@H]5C[C@@H](O)C[N+]5(C)C)CC4)c(Cl)c3)n2C)c(F)c1F. The molecule has 6 rings (SSSR count). The van der Waals surface area contributed by atoms with Crippen molar-refractivity contribution in [3.05, 3.63) is 76.0 Å². The smallest absolute Gasteiger partial charge is 0.291 e. The maximum Gasteiger partial charge on any atom is 0.291 e. The normalized spacial score (nSPS) is 18.1. The molecule has 2 atom stereocenters. The molecule has 2 aromatic carbocycles. The number of unbranched alkanes of at least 4 members (excludes halogenated alkanes) is 1. The number of benzene rings is 2. The molecule has 0 saturated carbocycles. The third-order valence-corrected chi connectivity index (χ3v) is 10.8. The molecular weight excluding hydrogens is 720 g/mol. The molecule has 0 radical (unpaired) electrons. The van der Waals surface area contributed by atoms with Gasteiger partial charge in [-0.05, 0) is 44.5 Å². The second-order valence-corrected chi connectivity index (χ2v) is 14.9. The molecule has 4 heterocycles. The van der Waals surface area contributed by atoms with Crippen molar-refractivity contribution in [1.82, 2.24) is 29.1 Å². The van der Waals surface area contributed by atoms with Crippen molar-refractivity contribution < 1.29 is 32.8 Å². The highest BCUT2D eigenvalue weighted by Gasteiger charge is 2.46. The third-order valence-electron chi connectivity index (χ3n) is 10.5. The number of hydrogen-bond acceptors (Lipinski definition) is 7. The number of piperazine rings is 1. The zero-order valence-electron chi connectivity index (χ0n) is 30.9. The van der Waals surface area contributed by atoms with Crippen LogP contribution >= 0.6 is 11.6 Å². The lowest BCUT2D eigenvalue weighted by Crippen LogP contribution is -2.58. The number of halogens is 3. The number of quaternary nitrogens is 1. The van der Waals surface area contributed by atoms with E-state index in [0.717, 1.165) is 0 Å². The molecule has 2 aromatic heterocycles. The average Bonchev–Trinajstić information content (AvgIpc) is 3.75. The summed E-state index contributed by atoms with van der Waals surface area (Å²) in [5, 5.41) is 26.2. The number of likely N-dealkylation sites (tertiary alicyclic amines) is 1. The molecule has 3 amide bonds. The van der Waals surface area contributed by atoms with Gasteiger partial charge >= 0.3 is 0 Å². The molecule has 2 saturated heterocycles. The Labute approximate surface area is 316 Å². The summed E-state index contributed by atoms with van der Waals surface area (Å²) in [5.41, 5.74) is 2.34. The fourth-order valence-corrected chi connectivity index (χ4v) is 7.84. The van der Waals surface area contributed by atoms with Crippen LogP contribution in [0.25, 0.3) is 22.4 Å². The van der Waals surface area contributed by atoms with E-state index >= 15 is 8.78 Å². The molecule has 0 spiro atoms. The first-order chi connectivity index (χ1) is 25.6. The van der Waals surface area contributed by atoms with Gasteiger partial charge in [-0.1, -0.05) is 17.7 Å². The van der Waals surface area contributed by atoms with E-state index in [1.807, 2.05) is 14.1 Å². The summed E-state index contributed by atoms with van der Waals surface area (Å²) in [6.45, 7) is 5.87. The quantitative estimate of drug-likeness (QED) is 0.188. The first-order valence-electron chi connectivity index (χ1n) is 17.7. The molecular formula is C38H43ClF2N9O4+. The van der Waals surface area contributed by atoms with Gasteiger partial charge in [-0.25, -0.2) is 13.8 Å². The number of nitrogens with zero attached hydrogens (tertiary/aromatic N) is 8. The summed E-state index contributed by atoms with van der Waals surface area (Å²) in [6.07, 6.45) is 2.12. The van der Waals surface area contributed by atoms with Crippen LogP contribution in [0.3, 0.4) is 0 Å². The van der Waals surface area contributed by atoms with Gasteiger partial charge in [0.15, 0.2) is 23.5 Å². The number of anilines is 1. The van der Waals surface area contributed by atoms with E-state index < -0.39 is 23.6 Å². The van der Waals surface area contributed by atoms with Gasteiger partial charge in [0.05, 0.1) is 48.3 Å². The predicted molar refractivity (Wildman–Crippen MR) is 197 cm³/mol. The second-order valence-electron chi connectivity index (χ2n) is 14.5. The fourth-order valence-electron chi connectivity index (χ4n) is 7.58. The number of likely N-dealkylation sites (N-methyl/N-ethyl adjacent to an activating group) is 1. The molecule has 2 N–H and O–H groups in total. The van der Waals surface area contributed by atoms with Crippen LogP contribution < -0.4 is 5.32 Å². The van der Waals surface area contributed by atoms with Crippen LogP contribution in [-0.4, -0.2) is 115 Å². The number of rotatable bonds is 9. The number of aliphatic hydroxyl groups is 1. The van der Waals surface area contributed by atoms with Crippen LogP contribution in [0.5, 0.6) is 0 Å². The summed E-state index contributed by atoms with van der Waals surface area (Å²) in [4.78, 5) is 47.5. The van der Waals surface area contributed by atoms with E-state index in [-0.39, 0.29) is 51.1 Å². The Morgan fingerprint density at radius 1 is 1.06 bits per heavy atom. The molecule has 13 nitrogen and oxygen atoms in total. The average molecular weight is 763 g/mol. The summed E-state index contributed by atoms with van der Waals surface area (Å²) in [6, 6.07) is 9.18. The van der Waals surface area contributed by atoms with Gasteiger partial charge in [-0.2, -0.15) is 10.4 Å². The highest BCUT2D eigenvalue weighted by atomic mass is 35.5. The van der Waals surface area contributed by atoms with Crippen molar-refractivity contribution in [1.29, 1.82) is 5.26 Å². The van der Waals surface area contributed by atoms with Crippen LogP contribution in [0.4, 0.5) is 14.5 Å². The van der Waals surface area contributed by atoms with Gasteiger partial charge in [0.2, 0.25) is 0 Å². The molecule has 0 aliphatic carbocycles. The Morgan fingerprint density at radius 2 is 1.72 bits per heavy atom. The fraction of sp³-hybridized carbons (Fsp3) is 0.421. The van der Waals surface area contributed by atoms with Crippen molar-refractivity contribution in [2.45, 2.75) is 51.8 Å². The van der Waals surface area contributed by atoms with Gasteiger partial charge in [-0.3, -0.25) is 19.1 Å². The van der Waals surface area contributed by atoms with E-state index in [1.54, 1.807) is 28.3 Å². The number of aryl methyl sites for hydroxylation is 2. The van der Waals surface area contributed by atoms with Crippen LogP contribution in [0.2, 0.25) is 5.02 Å². The number of aromatic nitrogens is 4. The summed E-state index contributed by atoms with van der Waals surface area (Å²) >= 11 is 6.53. The van der Waals surface area contributed by atoms with Gasteiger partial charge in [-0.15, -0.1) is 0 Å². The van der Waals surface area contributed by atoms with Crippen molar-refractivity contribution in [2.75, 3.05) is 52.1 Å². The van der Waals surface area contributed by atoms with Gasteiger partial charge in [0.1, 0.15) is 12.6 Å². The number of nitriles is 1. The molecule has 2 aliphatic heterocycles. The maximum absolute atomic E-state index is 15.7. The monoisotopic (exact) mass is 762 g/mol. The Morgan fingerprint density at radius 3 is 2.37 bits per heavy atom. The topological polar surface area (TPSA) is 149 Å². The minimum atomic E-state index is -1.10. The number of imidazole rings is 1. The first kappa shape index (κ1) is 38.6. The van der Waals surface area contributed by atoms with Crippen molar-refractivity contribution in [3.63, 3.8) is 0 Å². The van der Waals surface area contributed by atoms with Crippen LogP contribution in [0, 0.1) is 36.8 Å². The van der Waals surface area contributed by atoms with Crippen LogP contribution in [-0.2, 0) is 18.4 Å². The number of nitrogens with one attached hydrogen (secondary N) is 1. The number of carbonyl (C=O) groups excluding carboxylic acids is 3. The van der Waals surface area contributed by atoms with Gasteiger partial charge in [0, 0.05) is 80.7 Å². The minimum absolute atomic E-state index is 0.0216. The van der Waals surface area contributed by atoms with Crippen LogP contribution in [0.15, 0.2) is 36.5 Å². The molecule has 284 valence electrons. The molecule has 54 heavy (non-hydrogen) atoms. The molecule has 2 aliphatic rings. The van der Waals surface area contributed by atoms with Crippen molar-refractivity contribution >= 4 is 35.0 Å². The van der Waals surface area contributed by atoms with E-state index in [2.05, 4.69) is 21.5 Å². The number of amides is 3. The molecule has 0 bridgehead atoms. The highest BCUT2D eigenvalue weighted by molar-refractivity contribution is 6.34. The number of aliphatic hydroxyl groups excluding tert-OH is 1. The van der Waals surface area contributed by atoms with E-state index in [4.69, 9.17) is 16.9 Å². The van der Waals surface area contributed by atoms with Crippen LogP contribution in [0.1, 0.15) is 51.6 Å². The molecule has 2 fully saturated rings. The van der Waals surface area contributed by atoms with E-state index in [1.165, 1.54) is 48.1 Å². The first-order valence-corrected chi connectivity index (χ1v) is 18.1. The molecule has 16 heteroatoms. The standard InChI is InChI=1S/C38H42ClF2N9O4/c1-22-32(23(2)49(45-22)13-7-6-12-42)28-11-10-27(33(40)34(28)41)30-20-43-35(46(30)3)36(52)44-24-8-9-26(29(39)18-24)37(53)47-14-16-48(17-15-47)38(54)31-19-25(51)21-50(31,4)5/h8-11,18,20,25,31,51H,6-7,13-17,19,21H2,1-5H3/p+1/t25-,31+/m1/s1. The highest BCUT2D eigenvalue weighted by Crippen LogP contribution is 2.35. The summed E-state index contributed by atoms with van der Waals surface area (Å²) in [5.74, 6) is -3.19. The number of hydrogen-bond donors (Lipinski definition) is 2. The Bertz CT molecular complexity index is 2170.